The fourth-order valence-electron chi connectivity index (χ4n) is 2.83. The zero-order valence-electron chi connectivity index (χ0n) is 16.0. The molecule has 29 heavy (non-hydrogen) atoms. The molecule has 146 valence electrons. The number of aromatic nitrogens is 5. The van der Waals surface area contributed by atoms with Gasteiger partial charge in [-0.25, -0.2) is 4.39 Å². The van der Waals surface area contributed by atoms with Gasteiger partial charge >= 0.3 is 0 Å². The van der Waals surface area contributed by atoms with Gasteiger partial charge in [-0.2, -0.15) is 4.98 Å². The highest BCUT2D eigenvalue weighted by Crippen LogP contribution is 2.27. The maximum Gasteiger partial charge on any atom is 0.249 e. The highest BCUT2D eigenvalue weighted by molar-refractivity contribution is 5.59. The number of hydrogen-bond donors (Lipinski definition) is 1. The lowest BCUT2D eigenvalue weighted by atomic mass is 10.0. The summed E-state index contributed by atoms with van der Waals surface area (Å²) in [6, 6.07) is 13.2. The van der Waals surface area contributed by atoms with E-state index in [4.69, 9.17) is 4.52 Å². The second-order valence-electron chi connectivity index (χ2n) is 6.87. The Hall–Kier alpha value is -3.68. The van der Waals surface area contributed by atoms with Crippen molar-refractivity contribution in [2.24, 2.45) is 5.92 Å². The van der Waals surface area contributed by atoms with Crippen molar-refractivity contribution < 1.29 is 8.91 Å². The molecule has 0 aliphatic carbocycles. The van der Waals surface area contributed by atoms with Gasteiger partial charge in [-0.3, -0.25) is 4.98 Å². The van der Waals surface area contributed by atoms with Crippen LogP contribution >= 0.6 is 0 Å². The Kier molecular flexibility index (Phi) is 5.24. The molecule has 1 N–H and O–H groups in total. The molecule has 0 fully saturated rings. The van der Waals surface area contributed by atoms with Crippen LogP contribution in [0.5, 0.6) is 0 Å². The number of anilines is 1. The van der Waals surface area contributed by atoms with Gasteiger partial charge in [0.05, 0.1) is 5.69 Å². The SMILES string of the molecule is CC(C)C(Nc1ccc(-c2ccc(F)cc2)nn1)c1nc(-c2cccnc2)no1. The van der Waals surface area contributed by atoms with E-state index < -0.39 is 0 Å². The quantitative estimate of drug-likeness (QED) is 0.517. The zero-order valence-corrected chi connectivity index (χ0v) is 16.0. The number of nitrogens with one attached hydrogen (secondary N) is 1. The summed E-state index contributed by atoms with van der Waals surface area (Å²) < 4.78 is 18.6. The average Bonchev–Trinajstić information content (AvgIpc) is 3.23. The molecule has 4 aromatic rings. The summed E-state index contributed by atoms with van der Waals surface area (Å²) >= 11 is 0. The standard InChI is InChI=1S/C21H19FN6O/c1-13(2)19(21-25-20(28-29-21)15-4-3-11-23-12-15)24-18-10-9-17(26-27-18)14-5-7-16(22)8-6-14/h3-13,19H,1-2H3,(H,24,27). The third kappa shape index (κ3) is 4.26. The van der Waals surface area contributed by atoms with Crippen molar-refractivity contribution in [2.75, 3.05) is 5.32 Å². The first kappa shape index (κ1) is 18.7. The van der Waals surface area contributed by atoms with E-state index in [1.807, 2.05) is 38.1 Å². The number of hydrogen-bond acceptors (Lipinski definition) is 7. The van der Waals surface area contributed by atoms with Crippen LogP contribution in [0.25, 0.3) is 22.6 Å². The lowest BCUT2D eigenvalue weighted by Gasteiger charge is -2.18. The van der Waals surface area contributed by atoms with E-state index in [0.29, 0.717) is 23.2 Å². The molecule has 3 heterocycles. The summed E-state index contributed by atoms with van der Waals surface area (Å²) in [5, 5.41) is 15.8. The topological polar surface area (TPSA) is 89.6 Å². The van der Waals surface area contributed by atoms with Crippen molar-refractivity contribution >= 4 is 5.82 Å². The van der Waals surface area contributed by atoms with Crippen molar-refractivity contribution in [2.45, 2.75) is 19.9 Å². The van der Waals surface area contributed by atoms with Gasteiger partial charge in [0.25, 0.3) is 0 Å². The van der Waals surface area contributed by atoms with Gasteiger partial charge in [-0.15, -0.1) is 10.2 Å². The fraction of sp³-hybridized carbons (Fsp3) is 0.190. The first-order chi connectivity index (χ1) is 14.1. The van der Waals surface area contributed by atoms with Crippen LogP contribution in [-0.2, 0) is 0 Å². The predicted molar refractivity (Wildman–Crippen MR) is 106 cm³/mol. The van der Waals surface area contributed by atoms with Gasteiger partial charge in [-0.05, 0) is 54.4 Å². The van der Waals surface area contributed by atoms with E-state index >= 15 is 0 Å². The molecule has 0 saturated heterocycles. The van der Waals surface area contributed by atoms with Crippen LogP contribution in [0.3, 0.4) is 0 Å². The summed E-state index contributed by atoms with van der Waals surface area (Å²) in [7, 11) is 0. The molecule has 0 bridgehead atoms. The lowest BCUT2D eigenvalue weighted by molar-refractivity contribution is 0.335. The third-order valence-electron chi connectivity index (χ3n) is 4.40. The second-order valence-corrected chi connectivity index (χ2v) is 6.87. The Balaban J connectivity index is 1.53. The van der Waals surface area contributed by atoms with Crippen LogP contribution in [0.1, 0.15) is 25.8 Å². The fourth-order valence-corrected chi connectivity index (χ4v) is 2.83. The van der Waals surface area contributed by atoms with Gasteiger partial charge < -0.3 is 9.84 Å². The summed E-state index contributed by atoms with van der Waals surface area (Å²) in [5.74, 6) is 1.40. The normalized spacial score (nSPS) is 12.1. The van der Waals surface area contributed by atoms with E-state index in [1.165, 1.54) is 12.1 Å². The van der Waals surface area contributed by atoms with Crippen molar-refractivity contribution in [1.82, 2.24) is 25.3 Å². The van der Waals surface area contributed by atoms with Gasteiger partial charge in [0.15, 0.2) is 0 Å². The van der Waals surface area contributed by atoms with E-state index in [1.54, 1.807) is 24.5 Å². The highest BCUT2D eigenvalue weighted by Gasteiger charge is 2.23. The van der Waals surface area contributed by atoms with Crippen molar-refractivity contribution in [3.8, 4) is 22.6 Å². The van der Waals surface area contributed by atoms with Gasteiger partial charge in [0.1, 0.15) is 17.7 Å². The summed E-state index contributed by atoms with van der Waals surface area (Å²) in [5.41, 5.74) is 2.24. The Morgan fingerprint density at radius 2 is 1.79 bits per heavy atom. The van der Waals surface area contributed by atoms with Gasteiger partial charge in [0.2, 0.25) is 11.7 Å². The molecule has 0 saturated carbocycles. The number of rotatable bonds is 6. The Bertz CT molecular complexity index is 1060. The molecule has 3 aromatic heterocycles. The number of pyridine rings is 1. The van der Waals surface area contributed by atoms with E-state index in [9.17, 15) is 4.39 Å². The van der Waals surface area contributed by atoms with Crippen molar-refractivity contribution in [1.29, 1.82) is 0 Å². The van der Waals surface area contributed by atoms with Crippen LogP contribution in [-0.4, -0.2) is 25.3 Å². The minimum Gasteiger partial charge on any atom is -0.357 e. The lowest BCUT2D eigenvalue weighted by Crippen LogP contribution is -2.18. The van der Waals surface area contributed by atoms with Crippen molar-refractivity contribution in [3.63, 3.8) is 0 Å². The Labute approximate surface area is 167 Å². The number of halogens is 1. The molecule has 4 rings (SSSR count). The van der Waals surface area contributed by atoms with E-state index in [2.05, 4.69) is 30.6 Å². The largest absolute Gasteiger partial charge is 0.357 e. The Morgan fingerprint density at radius 1 is 0.966 bits per heavy atom. The van der Waals surface area contributed by atoms with Crippen LogP contribution in [0.4, 0.5) is 10.2 Å². The smallest absolute Gasteiger partial charge is 0.249 e. The minimum atomic E-state index is -0.287. The van der Waals surface area contributed by atoms with Crippen molar-refractivity contribution in [3.05, 3.63) is 72.6 Å². The maximum absolute atomic E-state index is 13.1. The summed E-state index contributed by atoms with van der Waals surface area (Å²) in [4.78, 5) is 8.59. The number of benzene rings is 1. The molecule has 0 radical (unpaired) electrons. The molecule has 1 aromatic carbocycles. The first-order valence-corrected chi connectivity index (χ1v) is 9.20. The highest BCUT2D eigenvalue weighted by atomic mass is 19.1. The molecule has 7 nitrogen and oxygen atoms in total. The molecule has 0 spiro atoms. The van der Waals surface area contributed by atoms with Gasteiger partial charge in [0, 0.05) is 23.5 Å². The van der Waals surface area contributed by atoms with Gasteiger partial charge in [-0.1, -0.05) is 19.0 Å². The van der Waals surface area contributed by atoms with Crippen LogP contribution in [0.2, 0.25) is 0 Å². The van der Waals surface area contributed by atoms with E-state index in [-0.39, 0.29) is 17.8 Å². The van der Waals surface area contributed by atoms with Crippen LogP contribution in [0.15, 0.2) is 65.4 Å². The number of nitrogens with zero attached hydrogens (tertiary/aromatic N) is 5. The van der Waals surface area contributed by atoms with E-state index in [0.717, 1.165) is 11.1 Å². The molecule has 1 atom stereocenters. The third-order valence-corrected chi connectivity index (χ3v) is 4.40. The summed E-state index contributed by atoms with van der Waals surface area (Å²) in [6.45, 7) is 4.10. The van der Waals surface area contributed by atoms with Crippen LogP contribution < -0.4 is 5.32 Å². The Morgan fingerprint density at radius 3 is 2.45 bits per heavy atom. The molecule has 8 heteroatoms. The molecular weight excluding hydrogens is 371 g/mol. The molecule has 0 amide bonds. The minimum absolute atomic E-state index is 0.163. The molecule has 0 aliphatic rings. The zero-order chi connectivity index (χ0) is 20.2. The predicted octanol–water partition coefficient (Wildman–Crippen LogP) is 4.54. The van der Waals surface area contributed by atoms with Crippen LogP contribution in [0, 0.1) is 11.7 Å². The average molecular weight is 390 g/mol. The molecule has 0 aliphatic heterocycles. The molecule has 1 unspecified atom stereocenters. The maximum atomic E-state index is 13.1. The monoisotopic (exact) mass is 390 g/mol. The molecular formula is C21H19FN6O. The second kappa shape index (κ2) is 8.14. The summed E-state index contributed by atoms with van der Waals surface area (Å²) in [6.07, 6.45) is 3.38. The first-order valence-electron chi connectivity index (χ1n) is 9.20.